The molecule has 2 aromatic carbocycles. The average Bonchev–Trinajstić information content (AvgIpc) is 3.87. The van der Waals surface area contributed by atoms with Crippen molar-refractivity contribution in [2.45, 2.75) is 117 Å². The van der Waals surface area contributed by atoms with Gasteiger partial charge in [0.15, 0.2) is 11.2 Å². The molecule has 4 aromatic heterocycles. The third-order valence-electron chi connectivity index (χ3n) is 12.3. The Morgan fingerprint density at radius 1 is 0.500 bits per heavy atom. The fourth-order valence-electron chi connectivity index (χ4n) is 6.76. The fourth-order valence-corrected chi connectivity index (χ4v) is 6.90. The molecule has 0 aliphatic carbocycles. The van der Waals surface area contributed by atoms with Gasteiger partial charge in [0.05, 0.1) is 63.6 Å². The van der Waals surface area contributed by atoms with E-state index in [9.17, 15) is 0 Å². The summed E-state index contributed by atoms with van der Waals surface area (Å²) < 4.78 is 58.3. The first kappa shape index (κ1) is 42.3. The summed E-state index contributed by atoms with van der Waals surface area (Å²) in [6.45, 7) is 24.3. The molecule has 58 heavy (non-hydrogen) atoms. The van der Waals surface area contributed by atoms with E-state index in [4.69, 9.17) is 57.8 Å². The Labute approximate surface area is 345 Å². The second-order valence-electron chi connectivity index (χ2n) is 17.8. The maximum Gasteiger partial charge on any atom is 0.496 e. The molecule has 0 atom stereocenters. The van der Waals surface area contributed by atoms with Crippen molar-refractivity contribution in [3.05, 3.63) is 65.9 Å². The van der Waals surface area contributed by atoms with Crippen LogP contribution in [0.25, 0.3) is 44.1 Å². The largest absolute Gasteiger partial charge is 0.496 e. The van der Waals surface area contributed by atoms with E-state index in [1.165, 1.54) is 0 Å². The number of fused-ring (bicyclic) bond motifs is 6. The van der Waals surface area contributed by atoms with Crippen LogP contribution in [0.2, 0.25) is 5.02 Å². The van der Waals surface area contributed by atoms with E-state index in [-0.39, 0.29) is 33.6 Å². The molecule has 3 fully saturated rings. The van der Waals surface area contributed by atoms with Gasteiger partial charge in [0.2, 0.25) is 0 Å². The number of halogens is 1. The molecule has 0 bridgehead atoms. The van der Waals surface area contributed by atoms with Gasteiger partial charge in [0.1, 0.15) is 33.7 Å². The second kappa shape index (κ2) is 14.7. The number of methoxy groups -OCH3 is 2. The van der Waals surface area contributed by atoms with Gasteiger partial charge >= 0.3 is 21.1 Å². The minimum absolute atomic E-state index is 0.360. The Balaban J connectivity index is 0.000000136. The molecule has 12 nitrogen and oxygen atoms in total. The van der Waals surface area contributed by atoms with Crippen LogP contribution in [0.5, 0.6) is 11.5 Å². The zero-order chi connectivity index (χ0) is 42.2. The highest BCUT2D eigenvalue weighted by Gasteiger charge is 2.63. The molecular weight excluding hydrogens is 760 g/mol. The third-order valence-corrected chi connectivity index (χ3v) is 12.5. The molecule has 16 heteroatoms. The normalized spacial score (nSPS) is 21.0. The van der Waals surface area contributed by atoms with Crippen LogP contribution in [0.15, 0.2) is 69.8 Å². The van der Waals surface area contributed by atoms with Gasteiger partial charge < -0.3 is 46.2 Å². The van der Waals surface area contributed by atoms with Crippen molar-refractivity contribution in [3.63, 3.8) is 0 Å². The van der Waals surface area contributed by atoms with Gasteiger partial charge in [-0.15, -0.1) is 0 Å². The quantitative estimate of drug-likeness (QED) is 0.158. The highest BCUT2D eigenvalue weighted by atomic mass is 35.5. The fraction of sp³-hybridized carbons (Fsp3) is 0.476. The van der Waals surface area contributed by atoms with Gasteiger partial charge in [0, 0.05) is 23.9 Å². The minimum atomic E-state index is -0.476. The summed E-state index contributed by atoms with van der Waals surface area (Å²) in [4.78, 5) is 8.86. The lowest BCUT2D eigenvalue weighted by molar-refractivity contribution is 0.00578. The SMILES string of the molecule is CC1(C)OB(B2OC(C)(C)C(C)(C)O2)OC1(C)C.COc1cccc2oc3cc(B4OC(C)(C)C(C)(C)O4)cnc3c12.COc1cccc2oc3cc(Cl)cnc3c12. The van der Waals surface area contributed by atoms with E-state index in [0.717, 1.165) is 49.9 Å². The van der Waals surface area contributed by atoms with Crippen LogP contribution in [-0.2, 0) is 27.9 Å². The summed E-state index contributed by atoms with van der Waals surface area (Å²) in [6, 6.07) is 15.0. The number of benzene rings is 2. The minimum Gasteiger partial charge on any atom is -0.496 e. The number of hydrogen-bond acceptors (Lipinski definition) is 12. The first-order chi connectivity index (χ1) is 27.0. The third kappa shape index (κ3) is 7.48. The molecule has 6 aromatic rings. The van der Waals surface area contributed by atoms with Crippen LogP contribution in [-0.4, -0.2) is 78.9 Å². The molecule has 0 spiro atoms. The Morgan fingerprint density at radius 2 is 0.879 bits per heavy atom. The van der Waals surface area contributed by atoms with Crippen molar-refractivity contribution in [3.8, 4) is 11.5 Å². The zero-order valence-corrected chi connectivity index (χ0v) is 36.6. The maximum absolute atomic E-state index is 6.09. The summed E-state index contributed by atoms with van der Waals surface area (Å²) in [6.07, 6.45) is 3.39. The Hall–Kier alpha value is -3.82. The van der Waals surface area contributed by atoms with Crippen molar-refractivity contribution in [1.29, 1.82) is 0 Å². The van der Waals surface area contributed by atoms with Gasteiger partial charge in [-0.3, -0.25) is 9.97 Å². The lowest BCUT2D eigenvalue weighted by atomic mass is 9.49. The summed E-state index contributed by atoms with van der Waals surface area (Å²) in [5.41, 5.74) is 3.07. The molecule has 306 valence electrons. The molecule has 0 saturated carbocycles. The number of rotatable bonds is 4. The van der Waals surface area contributed by atoms with Gasteiger partial charge in [0.25, 0.3) is 0 Å². The molecule has 0 amide bonds. The molecule has 3 saturated heterocycles. The Bertz CT molecular complexity index is 2400. The average molecular weight is 813 g/mol. The van der Waals surface area contributed by atoms with Crippen molar-refractivity contribution < 1.29 is 46.2 Å². The highest BCUT2D eigenvalue weighted by molar-refractivity contribution is 7.11. The van der Waals surface area contributed by atoms with E-state index in [0.29, 0.717) is 16.2 Å². The number of furan rings is 2. The van der Waals surface area contributed by atoms with Gasteiger partial charge in [-0.2, -0.15) is 0 Å². The van der Waals surface area contributed by atoms with Crippen LogP contribution >= 0.6 is 11.6 Å². The Kier molecular flexibility index (Phi) is 10.7. The van der Waals surface area contributed by atoms with Gasteiger partial charge in [-0.1, -0.05) is 23.7 Å². The van der Waals surface area contributed by atoms with Crippen molar-refractivity contribution in [2.24, 2.45) is 0 Å². The van der Waals surface area contributed by atoms with E-state index < -0.39 is 21.1 Å². The number of pyridine rings is 2. The maximum atomic E-state index is 6.09. The molecule has 7 heterocycles. The first-order valence-corrected chi connectivity index (χ1v) is 19.8. The first-order valence-electron chi connectivity index (χ1n) is 19.4. The number of nitrogens with zero attached hydrogens (tertiary/aromatic N) is 2. The van der Waals surface area contributed by atoms with Gasteiger partial charge in [-0.25, -0.2) is 0 Å². The zero-order valence-electron chi connectivity index (χ0n) is 35.9. The van der Waals surface area contributed by atoms with Crippen LogP contribution in [0.3, 0.4) is 0 Å². The van der Waals surface area contributed by atoms with Crippen molar-refractivity contribution in [1.82, 2.24) is 9.97 Å². The number of hydrogen-bond donors (Lipinski definition) is 0. The number of aromatic nitrogens is 2. The summed E-state index contributed by atoms with van der Waals surface area (Å²) in [5, 5.41) is 2.33. The molecule has 3 aliphatic rings. The van der Waals surface area contributed by atoms with Crippen LogP contribution in [0.4, 0.5) is 0 Å². The molecule has 0 radical (unpaired) electrons. The lowest BCUT2D eigenvalue weighted by Gasteiger charge is -2.32. The molecule has 0 unspecified atom stereocenters. The summed E-state index contributed by atoms with van der Waals surface area (Å²) >= 11 is 5.87. The Morgan fingerprint density at radius 3 is 1.29 bits per heavy atom. The van der Waals surface area contributed by atoms with E-state index in [1.807, 2.05) is 126 Å². The number of ether oxygens (including phenoxy) is 2. The van der Waals surface area contributed by atoms with Crippen LogP contribution < -0.4 is 14.9 Å². The van der Waals surface area contributed by atoms with E-state index >= 15 is 0 Å². The van der Waals surface area contributed by atoms with Crippen molar-refractivity contribution in [2.75, 3.05) is 14.2 Å². The predicted octanol–water partition coefficient (Wildman–Crippen LogP) is 9.18. The second-order valence-corrected chi connectivity index (χ2v) is 18.3. The highest BCUT2D eigenvalue weighted by Crippen LogP contribution is 2.43. The van der Waals surface area contributed by atoms with Crippen LogP contribution in [0.1, 0.15) is 83.1 Å². The monoisotopic (exact) mass is 812 g/mol. The summed E-state index contributed by atoms with van der Waals surface area (Å²) in [5.74, 6) is 1.51. The molecule has 9 rings (SSSR count). The molecular formula is C42H52B3ClN2O10. The standard InChI is InChI=1S/C18H20BNO4.C12H24B2O4.C12H8ClNO2/c1-17(2)18(3,4)24-19(23-17)11-9-14-16(20-10-11)15-12(21-5)7-6-8-13(15)22-14;1-9(2)10(3,4)16-13(15-9)14-17-11(5,6)12(7,8)18-14;1-15-8-3-2-4-9-11(8)12-10(16-9)5-7(13)6-14-12/h6-10H,1-5H3;1-8H3;2-6H,1H3. The topological polar surface area (TPSA) is 126 Å². The lowest BCUT2D eigenvalue weighted by Crippen LogP contribution is -2.41. The smallest absolute Gasteiger partial charge is 0.496 e. The molecule has 3 aliphatic heterocycles. The van der Waals surface area contributed by atoms with E-state index in [1.54, 1.807) is 32.7 Å². The molecule has 0 N–H and O–H groups in total. The van der Waals surface area contributed by atoms with Crippen LogP contribution in [0, 0.1) is 0 Å². The van der Waals surface area contributed by atoms with Gasteiger partial charge in [-0.05, 0) is 113 Å². The van der Waals surface area contributed by atoms with Crippen molar-refractivity contribution >= 4 is 82.3 Å². The summed E-state index contributed by atoms with van der Waals surface area (Å²) in [7, 11) is 1.87. The predicted molar refractivity (Wildman–Crippen MR) is 229 cm³/mol. The van der Waals surface area contributed by atoms with E-state index in [2.05, 4.69) is 9.97 Å².